The normalized spacial score (nSPS) is 17.9. The predicted octanol–water partition coefficient (Wildman–Crippen LogP) is 5.81. The summed E-state index contributed by atoms with van der Waals surface area (Å²) in [6.45, 7) is 21.6. The van der Waals surface area contributed by atoms with E-state index in [4.69, 9.17) is 13.9 Å². The molecule has 0 aliphatic heterocycles. The van der Waals surface area contributed by atoms with E-state index in [1.807, 2.05) is 38.1 Å². The van der Waals surface area contributed by atoms with E-state index in [1.54, 1.807) is 13.2 Å². The van der Waals surface area contributed by atoms with E-state index in [0.29, 0.717) is 6.61 Å². The van der Waals surface area contributed by atoms with Gasteiger partial charge in [0.25, 0.3) is 0 Å². The van der Waals surface area contributed by atoms with Crippen LogP contribution in [0.25, 0.3) is 0 Å². The van der Waals surface area contributed by atoms with Crippen LogP contribution in [0.5, 0.6) is 5.75 Å². The molecule has 1 aromatic carbocycles. The summed E-state index contributed by atoms with van der Waals surface area (Å²) in [7, 11) is -0.378. The maximum atomic E-state index is 10.8. The molecule has 166 valence electrons. The second kappa shape index (κ2) is 10.8. The molecule has 5 atom stereocenters. The Labute approximate surface area is 179 Å². The summed E-state index contributed by atoms with van der Waals surface area (Å²) in [6.07, 6.45) is 0.904. The maximum absolute atomic E-state index is 10.8. The summed E-state index contributed by atoms with van der Waals surface area (Å²) in [5.74, 6) is 0.739. The third-order valence-corrected chi connectivity index (χ3v) is 10.8. The second-order valence-corrected chi connectivity index (χ2v) is 14.4. The smallest absolute Gasteiger partial charge is 0.192 e. The standard InChI is InChI=1S/C24H42O4Si/c1-11-17(2)22(25)18(3)23(28-29(9,10)24(5,6)7)19(4)27-16-20-12-14-21(26-8)15-13-20/h11-15,17-19,22-23,25H,1,16H2,2-10H3/t17-,18-,19-,22+,23-/m0/s1. The lowest BCUT2D eigenvalue weighted by Gasteiger charge is -2.44. The quantitative estimate of drug-likeness (QED) is 0.361. The topological polar surface area (TPSA) is 47.9 Å². The zero-order valence-corrected chi connectivity index (χ0v) is 20.9. The molecule has 0 aliphatic carbocycles. The van der Waals surface area contributed by atoms with Gasteiger partial charge in [-0.1, -0.05) is 52.8 Å². The number of methoxy groups -OCH3 is 1. The number of aliphatic hydroxyl groups is 1. The largest absolute Gasteiger partial charge is 0.497 e. The Morgan fingerprint density at radius 1 is 1.10 bits per heavy atom. The van der Waals surface area contributed by atoms with E-state index >= 15 is 0 Å². The van der Waals surface area contributed by atoms with E-state index in [-0.39, 0.29) is 29.1 Å². The van der Waals surface area contributed by atoms with Crippen LogP contribution >= 0.6 is 0 Å². The van der Waals surface area contributed by atoms with Gasteiger partial charge in [-0.3, -0.25) is 0 Å². The minimum Gasteiger partial charge on any atom is -0.497 e. The van der Waals surface area contributed by atoms with E-state index in [9.17, 15) is 5.11 Å². The lowest BCUT2D eigenvalue weighted by atomic mass is 9.87. The molecule has 0 aliphatic rings. The fourth-order valence-electron chi connectivity index (χ4n) is 3.00. The van der Waals surface area contributed by atoms with Gasteiger partial charge in [-0.25, -0.2) is 0 Å². The minimum absolute atomic E-state index is 0.00990. The fourth-order valence-corrected chi connectivity index (χ4v) is 4.44. The molecule has 0 bridgehead atoms. The molecule has 0 unspecified atom stereocenters. The third kappa shape index (κ3) is 7.25. The summed E-state index contributed by atoms with van der Waals surface area (Å²) in [5, 5.41) is 10.9. The molecule has 0 heterocycles. The number of hydrogen-bond acceptors (Lipinski definition) is 4. The van der Waals surface area contributed by atoms with Crippen molar-refractivity contribution in [1.82, 2.24) is 0 Å². The molecule has 4 nitrogen and oxygen atoms in total. The van der Waals surface area contributed by atoms with Crippen LogP contribution in [0.1, 0.15) is 47.1 Å². The highest BCUT2D eigenvalue weighted by Gasteiger charge is 2.43. The average molecular weight is 423 g/mol. The molecular formula is C24H42O4Si. The van der Waals surface area contributed by atoms with Crippen molar-refractivity contribution in [2.45, 2.75) is 84.6 Å². The molecule has 1 aromatic rings. The van der Waals surface area contributed by atoms with Crippen LogP contribution in [0.2, 0.25) is 18.1 Å². The average Bonchev–Trinajstić information content (AvgIpc) is 2.67. The number of rotatable bonds is 11. The summed E-state index contributed by atoms with van der Waals surface area (Å²) in [6, 6.07) is 7.89. The van der Waals surface area contributed by atoms with Gasteiger partial charge in [0.05, 0.1) is 32.0 Å². The Balaban J connectivity index is 2.99. The van der Waals surface area contributed by atoms with Crippen LogP contribution in [0, 0.1) is 11.8 Å². The predicted molar refractivity (Wildman–Crippen MR) is 124 cm³/mol. The molecule has 29 heavy (non-hydrogen) atoms. The van der Waals surface area contributed by atoms with Gasteiger partial charge in [-0.15, -0.1) is 6.58 Å². The van der Waals surface area contributed by atoms with Crippen LogP contribution in [-0.4, -0.2) is 38.8 Å². The van der Waals surface area contributed by atoms with Gasteiger partial charge in [0.2, 0.25) is 0 Å². The number of hydrogen-bond donors (Lipinski definition) is 1. The fraction of sp³-hybridized carbons (Fsp3) is 0.667. The first kappa shape index (κ1) is 25.9. The summed E-state index contributed by atoms with van der Waals surface area (Å²) in [5.41, 5.74) is 1.08. The molecule has 0 saturated heterocycles. The Morgan fingerprint density at radius 2 is 1.66 bits per heavy atom. The lowest BCUT2D eigenvalue weighted by molar-refractivity contribution is -0.0797. The number of benzene rings is 1. The first-order valence-corrected chi connectivity index (χ1v) is 13.5. The van der Waals surface area contributed by atoms with Crippen LogP contribution in [0.15, 0.2) is 36.9 Å². The van der Waals surface area contributed by atoms with Crippen molar-refractivity contribution in [3.8, 4) is 5.75 Å². The molecule has 0 radical (unpaired) electrons. The van der Waals surface area contributed by atoms with Gasteiger partial charge >= 0.3 is 0 Å². The molecule has 0 fully saturated rings. The highest BCUT2D eigenvalue weighted by atomic mass is 28.4. The van der Waals surface area contributed by atoms with E-state index in [0.717, 1.165) is 11.3 Å². The van der Waals surface area contributed by atoms with E-state index in [2.05, 4.69) is 47.4 Å². The van der Waals surface area contributed by atoms with E-state index < -0.39 is 14.4 Å². The summed E-state index contributed by atoms with van der Waals surface area (Å²) < 4.78 is 18.2. The molecule has 0 saturated carbocycles. The van der Waals surface area contributed by atoms with Crippen molar-refractivity contribution in [2.75, 3.05) is 7.11 Å². The summed E-state index contributed by atoms with van der Waals surface area (Å²) in [4.78, 5) is 0. The first-order chi connectivity index (χ1) is 13.3. The van der Waals surface area contributed by atoms with Crippen molar-refractivity contribution < 1.29 is 19.0 Å². The second-order valence-electron chi connectivity index (χ2n) is 9.65. The number of aliphatic hydroxyl groups excluding tert-OH is 1. The van der Waals surface area contributed by atoms with Gasteiger partial charge in [0.1, 0.15) is 5.75 Å². The molecule has 5 heteroatoms. The van der Waals surface area contributed by atoms with Crippen LogP contribution in [0.4, 0.5) is 0 Å². The van der Waals surface area contributed by atoms with Crippen molar-refractivity contribution in [1.29, 1.82) is 0 Å². The van der Waals surface area contributed by atoms with Crippen LogP contribution in [-0.2, 0) is 15.8 Å². The van der Waals surface area contributed by atoms with E-state index in [1.165, 1.54) is 0 Å². The Kier molecular flexibility index (Phi) is 9.60. The maximum Gasteiger partial charge on any atom is 0.192 e. The van der Waals surface area contributed by atoms with Crippen molar-refractivity contribution in [3.05, 3.63) is 42.5 Å². The van der Waals surface area contributed by atoms with Gasteiger partial charge in [0.15, 0.2) is 8.32 Å². The lowest BCUT2D eigenvalue weighted by Crippen LogP contribution is -2.51. The molecule has 0 spiro atoms. The first-order valence-electron chi connectivity index (χ1n) is 10.6. The molecule has 0 aromatic heterocycles. The Hall–Kier alpha value is -1.14. The van der Waals surface area contributed by atoms with Crippen LogP contribution in [0.3, 0.4) is 0 Å². The van der Waals surface area contributed by atoms with Crippen molar-refractivity contribution in [2.24, 2.45) is 11.8 Å². The molecular weight excluding hydrogens is 380 g/mol. The van der Waals surface area contributed by atoms with Crippen LogP contribution < -0.4 is 4.74 Å². The SMILES string of the molecule is C=C[C@H](C)[C@@H](O)[C@H](C)[C@H](O[Si](C)(C)C(C)(C)C)[C@H](C)OCc1ccc(OC)cc1. The van der Waals surface area contributed by atoms with Gasteiger partial charge in [0, 0.05) is 11.8 Å². The Morgan fingerprint density at radius 3 is 2.10 bits per heavy atom. The van der Waals surface area contributed by atoms with Crippen molar-refractivity contribution in [3.63, 3.8) is 0 Å². The highest BCUT2D eigenvalue weighted by Crippen LogP contribution is 2.39. The van der Waals surface area contributed by atoms with Crippen molar-refractivity contribution >= 4 is 8.32 Å². The van der Waals surface area contributed by atoms with Gasteiger partial charge in [-0.2, -0.15) is 0 Å². The van der Waals surface area contributed by atoms with Gasteiger partial charge in [-0.05, 0) is 42.8 Å². The molecule has 1 rings (SSSR count). The monoisotopic (exact) mass is 422 g/mol. The Bertz CT molecular complexity index is 621. The minimum atomic E-state index is -2.04. The molecule has 0 amide bonds. The zero-order chi connectivity index (χ0) is 22.4. The summed E-state index contributed by atoms with van der Waals surface area (Å²) >= 11 is 0. The zero-order valence-electron chi connectivity index (χ0n) is 19.9. The van der Waals surface area contributed by atoms with Gasteiger partial charge < -0.3 is 19.0 Å². The highest BCUT2D eigenvalue weighted by molar-refractivity contribution is 6.74. The number of ether oxygens (including phenoxy) is 2. The third-order valence-electron chi connectivity index (χ3n) is 6.34. The molecule has 1 N–H and O–H groups in total.